The number of hydrogen-bond donors (Lipinski definition) is 1. The van der Waals surface area contributed by atoms with Gasteiger partial charge in [-0.3, -0.25) is 9.59 Å². The lowest BCUT2D eigenvalue weighted by Crippen LogP contribution is -2.31. The van der Waals surface area contributed by atoms with Gasteiger partial charge in [0.1, 0.15) is 11.7 Å². The number of nitrogens with zero attached hydrogens (tertiary/aromatic N) is 1. The normalized spacial score (nSPS) is 17.6. The molecule has 0 spiro atoms. The molecule has 0 saturated heterocycles. The number of anilines is 1. The first-order chi connectivity index (χ1) is 9.61. The number of allylic oxidation sites excluding steroid dienone is 2. The Kier molecular flexibility index (Phi) is 2.63. The van der Waals surface area contributed by atoms with Gasteiger partial charge in [0.05, 0.1) is 5.69 Å². The second-order valence-corrected chi connectivity index (χ2v) is 4.50. The predicted molar refractivity (Wildman–Crippen MR) is 70.6 cm³/mol. The van der Waals surface area contributed by atoms with Crippen LogP contribution < -0.4 is 4.90 Å². The van der Waals surface area contributed by atoms with Crippen molar-refractivity contribution in [2.75, 3.05) is 4.90 Å². The summed E-state index contributed by atoms with van der Waals surface area (Å²) in [6.07, 6.45) is 3.06. The first-order valence-corrected chi connectivity index (χ1v) is 5.95. The zero-order valence-electron chi connectivity index (χ0n) is 10.3. The highest BCUT2D eigenvalue weighted by molar-refractivity contribution is 6.34. The van der Waals surface area contributed by atoms with Gasteiger partial charge in [0.2, 0.25) is 0 Å². The SMILES string of the molecule is O=C=C1C=CC2=C(C1)C(=O)N(c1cccc(O)c1)C2=O. The van der Waals surface area contributed by atoms with Crippen molar-refractivity contribution in [1.82, 2.24) is 0 Å². The summed E-state index contributed by atoms with van der Waals surface area (Å²) in [6.45, 7) is 0. The van der Waals surface area contributed by atoms with Crippen molar-refractivity contribution in [3.63, 3.8) is 0 Å². The Bertz CT molecular complexity index is 751. The van der Waals surface area contributed by atoms with Gasteiger partial charge >= 0.3 is 0 Å². The van der Waals surface area contributed by atoms with E-state index in [1.807, 2.05) is 0 Å². The monoisotopic (exact) mass is 267 g/mol. The summed E-state index contributed by atoms with van der Waals surface area (Å²) < 4.78 is 0. The number of benzene rings is 1. The molecule has 0 fully saturated rings. The van der Waals surface area contributed by atoms with Crippen molar-refractivity contribution in [3.05, 3.63) is 53.1 Å². The summed E-state index contributed by atoms with van der Waals surface area (Å²) in [5, 5.41) is 9.45. The topological polar surface area (TPSA) is 74.7 Å². The van der Waals surface area contributed by atoms with E-state index in [9.17, 15) is 19.5 Å². The van der Waals surface area contributed by atoms with Crippen molar-refractivity contribution in [2.24, 2.45) is 0 Å². The Labute approximate surface area is 114 Å². The number of carbonyl (C=O) groups is 2. The third kappa shape index (κ3) is 1.69. The maximum atomic E-state index is 12.3. The molecule has 1 aromatic rings. The molecule has 0 radical (unpaired) electrons. The molecule has 1 heterocycles. The van der Waals surface area contributed by atoms with E-state index in [2.05, 4.69) is 0 Å². The second-order valence-electron chi connectivity index (χ2n) is 4.50. The van der Waals surface area contributed by atoms with Crippen LogP contribution in [-0.2, 0) is 14.4 Å². The van der Waals surface area contributed by atoms with Crippen molar-refractivity contribution >= 4 is 23.4 Å². The van der Waals surface area contributed by atoms with Gasteiger partial charge in [-0.15, -0.1) is 0 Å². The van der Waals surface area contributed by atoms with E-state index in [0.717, 1.165) is 4.90 Å². The van der Waals surface area contributed by atoms with Crippen LogP contribution in [0.2, 0.25) is 0 Å². The standard InChI is InChI=1S/C15H9NO4/c17-8-9-4-5-12-13(6-9)15(20)16(14(12)19)10-2-1-3-11(18)7-10/h1-5,7,18H,6H2. The Morgan fingerprint density at radius 2 is 1.95 bits per heavy atom. The third-order valence-electron chi connectivity index (χ3n) is 3.26. The lowest BCUT2D eigenvalue weighted by Gasteiger charge is -2.14. The zero-order chi connectivity index (χ0) is 14.3. The van der Waals surface area contributed by atoms with Gasteiger partial charge < -0.3 is 5.11 Å². The quantitative estimate of drug-likeness (QED) is 0.614. The average molecular weight is 267 g/mol. The van der Waals surface area contributed by atoms with Crippen LogP contribution in [0.3, 0.4) is 0 Å². The number of amides is 2. The molecule has 5 heteroatoms. The van der Waals surface area contributed by atoms with Gasteiger partial charge in [-0.2, -0.15) is 0 Å². The Morgan fingerprint density at radius 1 is 1.15 bits per heavy atom. The molecule has 3 rings (SSSR count). The first kappa shape index (κ1) is 12.1. The molecule has 1 aliphatic carbocycles. The molecular formula is C15H9NO4. The Hall–Kier alpha value is -2.91. The minimum Gasteiger partial charge on any atom is -0.508 e. The number of phenolic OH excluding ortho intramolecular Hbond substituents is 1. The Balaban J connectivity index is 2.04. The lowest BCUT2D eigenvalue weighted by atomic mass is 9.96. The Morgan fingerprint density at radius 3 is 2.65 bits per heavy atom. The second kappa shape index (κ2) is 4.33. The van der Waals surface area contributed by atoms with E-state index in [1.165, 1.54) is 24.3 Å². The molecule has 20 heavy (non-hydrogen) atoms. The van der Waals surface area contributed by atoms with Crippen LogP contribution in [0.25, 0.3) is 0 Å². The third-order valence-corrected chi connectivity index (χ3v) is 3.26. The maximum Gasteiger partial charge on any atom is 0.265 e. The highest BCUT2D eigenvalue weighted by Crippen LogP contribution is 2.34. The van der Waals surface area contributed by atoms with E-state index in [-0.39, 0.29) is 17.7 Å². The van der Waals surface area contributed by atoms with Crippen LogP contribution in [0, 0.1) is 0 Å². The lowest BCUT2D eigenvalue weighted by molar-refractivity contribution is -0.120. The van der Waals surface area contributed by atoms with Crippen LogP contribution in [0.4, 0.5) is 5.69 Å². The van der Waals surface area contributed by atoms with Crippen LogP contribution in [0.15, 0.2) is 53.1 Å². The van der Waals surface area contributed by atoms with Crippen molar-refractivity contribution in [2.45, 2.75) is 6.42 Å². The van der Waals surface area contributed by atoms with Gasteiger partial charge in [0, 0.05) is 29.2 Å². The van der Waals surface area contributed by atoms with E-state index < -0.39 is 11.8 Å². The number of hydrogen-bond acceptors (Lipinski definition) is 4. The number of aromatic hydroxyl groups is 1. The summed E-state index contributed by atoms with van der Waals surface area (Å²) in [7, 11) is 0. The maximum absolute atomic E-state index is 12.3. The van der Waals surface area contributed by atoms with Gasteiger partial charge in [-0.1, -0.05) is 6.07 Å². The van der Waals surface area contributed by atoms with Crippen molar-refractivity contribution in [1.29, 1.82) is 0 Å². The van der Waals surface area contributed by atoms with Crippen LogP contribution in [-0.4, -0.2) is 22.9 Å². The summed E-state index contributed by atoms with van der Waals surface area (Å²) in [4.78, 5) is 36.2. The fraction of sp³-hybridized carbons (Fsp3) is 0.0667. The minimum absolute atomic E-state index is 0.0306. The van der Waals surface area contributed by atoms with E-state index in [4.69, 9.17) is 0 Å². The number of phenols is 1. The fourth-order valence-electron chi connectivity index (χ4n) is 2.30. The number of carbonyl (C=O) groups excluding carboxylic acids is 3. The van der Waals surface area contributed by atoms with Gasteiger partial charge in [-0.25, -0.2) is 9.69 Å². The largest absolute Gasteiger partial charge is 0.508 e. The van der Waals surface area contributed by atoms with E-state index in [0.29, 0.717) is 16.8 Å². The molecule has 1 aliphatic heterocycles. The highest BCUT2D eigenvalue weighted by atomic mass is 16.3. The van der Waals surface area contributed by atoms with Gasteiger partial charge in [0.25, 0.3) is 11.8 Å². The molecule has 1 aromatic carbocycles. The molecule has 98 valence electrons. The molecular weight excluding hydrogens is 258 g/mol. The highest BCUT2D eigenvalue weighted by Gasteiger charge is 2.39. The van der Waals surface area contributed by atoms with E-state index in [1.54, 1.807) is 18.1 Å². The van der Waals surface area contributed by atoms with E-state index >= 15 is 0 Å². The van der Waals surface area contributed by atoms with Gasteiger partial charge in [-0.05, 0) is 24.3 Å². The number of imide groups is 1. The molecule has 0 aromatic heterocycles. The fourth-order valence-corrected chi connectivity index (χ4v) is 2.30. The summed E-state index contributed by atoms with van der Waals surface area (Å²) in [6, 6.07) is 5.91. The molecule has 1 N–H and O–H groups in total. The molecule has 5 nitrogen and oxygen atoms in total. The number of rotatable bonds is 1. The average Bonchev–Trinajstić information content (AvgIpc) is 2.70. The zero-order valence-corrected chi connectivity index (χ0v) is 10.3. The molecule has 0 bridgehead atoms. The van der Waals surface area contributed by atoms with Crippen LogP contribution in [0.5, 0.6) is 5.75 Å². The summed E-state index contributed by atoms with van der Waals surface area (Å²) in [5.41, 5.74) is 1.22. The summed E-state index contributed by atoms with van der Waals surface area (Å²) >= 11 is 0. The van der Waals surface area contributed by atoms with Crippen LogP contribution >= 0.6 is 0 Å². The molecule has 0 unspecified atom stereocenters. The minimum atomic E-state index is -0.465. The smallest absolute Gasteiger partial charge is 0.265 e. The molecule has 0 saturated carbocycles. The van der Waals surface area contributed by atoms with Crippen molar-refractivity contribution in [3.8, 4) is 5.75 Å². The molecule has 0 atom stereocenters. The first-order valence-electron chi connectivity index (χ1n) is 5.95. The summed E-state index contributed by atoms with van der Waals surface area (Å²) in [5.74, 6) is 0.796. The van der Waals surface area contributed by atoms with Crippen molar-refractivity contribution < 1.29 is 19.5 Å². The van der Waals surface area contributed by atoms with Crippen LogP contribution in [0.1, 0.15) is 6.42 Å². The predicted octanol–water partition coefficient (Wildman–Crippen LogP) is 1.28. The van der Waals surface area contributed by atoms with Gasteiger partial charge in [0.15, 0.2) is 0 Å². The molecule has 2 amide bonds. The molecule has 2 aliphatic rings.